The standard InChI is InChI=1S/C14H25NO5.HI/c1-5-19-11(16)10-14(18)6-8-15(9-7-14)12(17)20-13(2,3)4;/h18H,5-10H2,1-4H3;1H. The van der Waals surface area contributed by atoms with E-state index in [0.29, 0.717) is 32.5 Å². The fraction of sp³-hybridized carbons (Fsp3) is 0.857. The molecule has 1 N–H and O–H groups in total. The smallest absolute Gasteiger partial charge is 0.410 e. The third-order valence-electron chi connectivity index (χ3n) is 3.12. The van der Waals surface area contributed by atoms with Crippen molar-refractivity contribution < 1.29 is 24.2 Å². The Morgan fingerprint density at radius 2 is 1.76 bits per heavy atom. The van der Waals surface area contributed by atoms with E-state index < -0.39 is 17.2 Å². The Bertz CT molecular complexity index is 359. The fourth-order valence-electron chi connectivity index (χ4n) is 2.09. The quantitative estimate of drug-likeness (QED) is 0.566. The minimum Gasteiger partial charge on any atom is -0.466 e. The van der Waals surface area contributed by atoms with Gasteiger partial charge < -0.3 is 19.5 Å². The molecule has 0 atom stereocenters. The first-order chi connectivity index (χ1) is 9.15. The summed E-state index contributed by atoms with van der Waals surface area (Å²) in [6.07, 6.45) is 0.301. The number of amides is 1. The van der Waals surface area contributed by atoms with Crippen LogP contribution >= 0.6 is 24.0 Å². The number of carbonyl (C=O) groups excluding carboxylic acids is 2. The predicted molar refractivity (Wildman–Crippen MR) is 88.7 cm³/mol. The second-order valence-corrected chi connectivity index (χ2v) is 6.17. The Hall–Kier alpha value is -0.570. The van der Waals surface area contributed by atoms with Crippen LogP contribution in [0.5, 0.6) is 0 Å². The zero-order valence-electron chi connectivity index (χ0n) is 13.2. The van der Waals surface area contributed by atoms with Crippen LogP contribution in [0.2, 0.25) is 0 Å². The zero-order chi connectivity index (χ0) is 15.4. The lowest BCUT2D eigenvalue weighted by molar-refractivity contribution is -0.150. The molecule has 0 unspecified atom stereocenters. The summed E-state index contributed by atoms with van der Waals surface area (Å²) < 4.78 is 10.1. The number of ether oxygens (including phenoxy) is 2. The van der Waals surface area contributed by atoms with Gasteiger partial charge in [-0.15, -0.1) is 24.0 Å². The van der Waals surface area contributed by atoms with Crippen LogP contribution in [0.3, 0.4) is 0 Å². The molecule has 1 aliphatic heterocycles. The summed E-state index contributed by atoms with van der Waals surface area (Å²) in [7, 11) is 0. The van der Waals surface area contributed by atoms with E-state index in [1.165, 1.54) is 0 Å². The topological polar surface area (TPSA) is 76.1 Å². The average Bonchev–Trinajstić information content (AvgIpc) is 2.26. The molecule has 1 heterocycles. The number of esters is 1. The van der Waals surface area contributed by atoms with Gasteiger partial charge in [0.05, 0.1) is 18.6 Å². The summed E-state index contributed by atoms with van der Waals surface area (Å²) in [5.41, 5.74) is -1.61. The van der Waals surface area contributed by atoms with E-state index in [9.17, 15) is 14.7 Å². The zero-order valence-corrected chi connectivity index (χ0v) is 15.5. The van der Waals surface area contributed by atoms with Crippen LogP contribution in [-0.2, 0) is 14.3 Å². The molecule has 0 saturated carbocycles. The molecule has 1 aliphatic rings. The van der Waals surface area contributed by atoms with Crippen LogP contribution in [0.25, 0.3) is 0 Å². The lowest BCUT2D eigenvalue weighted by atomic mass is 9.88. The van der Waals surface area contributed by atoms with Crippen molar-refractivity contribution in [2.45, 2.75) is 58.2 Å². The van der Waals surface area contributed by atoms with Gasteiger partial charge in [-0.25, -0.2) is 4.79 Å². The second kappa shape index (κ2) is 8.17. The van der Waals surface area contributed by atoms with E-state index in [2.05, 4.69) is 0 Å². The number of carbonyl (C=O) groups is 2. The van der Waals surface area contributed by atoms with E-state index in [1.54, 1.807) is 11.8 Å². The normalized spacial score (nSPS) is 17.7. The van der Waals surface area contributed by atoms with Gasteiger partial charge in [0, 0.05) is 13.1 Å². The number of likely N-dealkylation sites (tertiary alicyclic amines) is 1. The minimum absolute atomic E-state index is 0. The Kier molecular flexibility index (Phi) is 7.94. The van der Waals surface area contributed by atoms with Crippen LogP contribution in [0.15, 0.2) is 0 Å². The molecular weight excluding hydrogens is 389 g/mol. The molecule has 1 rings (SSSR count). The maximum Gasteiger partial charge on any atom is 0.410 e. The van der Waals surface area contributed by atoms with Crippen molar-refractivity contribution in [2.24, 2.45) is 0 Å². The van der Waals surface area contributed by atoms with Gasteiger partial charge in [-0.2, -0.15) is 0 Å². The average molecular weight is 415 g/mol. The lowest BCUT2D eigenvalue weighted by Gasteiger charge is -2.38. The SMILES string of the molecule is CCOC(=O)CC1(O)CCN(C(=O)OC(C)(C)C)CC1.I. The Morgan fingerprint density at radius 1 is 1.24 bits per heavy atom. The van der Waals surface area contributed by atoms with Crippen molar-refractivity contribution in [2.75, 3.05) is 19.7 Å². The van der Waals surface area contributed by atoms with Crippen molar-refractivity contribution in [1.29, 1.82) is 0 Å². The summed E-state index contributed by atoms with van der Waals surface area (Å²) >= 11 is 0. The van der Waals surface area contributed by atoms with Crippen LogP contribution in [-0.4, -0.2) is 53.0 Å². The van der Waals surface area contributed by atoms with Gasteiger partial charge in [0.2, 0.25) is 0 Å². The Labute approximate surface area is 143 Å². The third kappa shape index (κ3) is 7.30. The van der Waals surface area contributed by atoms with Crippen LogP contribution in [0.1, 0.15) is 47.0 Å². The van der Waals surface area contributed by atoms with Gasteiger partial charge in [-0.05, 0) is 40.5 Å². The lowest BCUT2D eigenvalue weighted by Crippen LogP contribution is -2.49. The van der Waals surface area contributed by atoms with Crippen molar-refractivity contribution in [1.82, 2.24) is 4.90 Å². The first-order valence-electron chi connectivity index (χ1n) is 7.01. The van der Waals surface area contributed by atoms with E-state index >= 15 is 0 Å². The highest BCUT2D eigenvalue weighted by Crippen LogP contribution is 2.27. The molecule has 0 aromatic carbocycles. The highest BCUT2D eigenvalue weighted by molar-refractivity contribution is 14.0. The molecule has 0 aromatic heterocycles. The van der Waals surface area contributed by atoms with Crippen LogP contribution in [0.4, 0.5) is 4.79 Å². The molecule has 6 nitrogen and oxygen atoms in total. The van der Waals surface area contributed by atoms with Crippen LogP contribution in [0, 0.1) is 0 Å². The van der Waals surface area contributed by atoms with Crippen molar-refractivity contribution in [3.8, 4) is 0 Å². The van der Waals surface area contributed by atoms with E-state index in [1.807, 2.05) is 20.8 Å². The number of hydrogen-bond acceptors (Lipinski definition) is 5. The molecule has 1 fully saturated rings. The third-order valence-corrected chi connectivity index (χ3v) is 3.12. The van der Waals surface area contributed by atoms with Crippen molar-refractivity contribution in [3.63, 3.8) is 0 Å². The number of nitrogens with zero attached hydrogens (tertiary/aromatic N) is 1. The molecule has 1 amide bonds. The number of halogens is 1. The van der Waals surface area contributed by atoms with E-state index in [0.717, 1.165) is 0 Å². The molecule has 124 valence electrons. The maximum atomic E-state index is 11.9. The summed E-state index contributed by atoms with van der Waals surface area (Å²) in [6.45, 7) is 8.23. The Balaban J connectivity index is 0.00000400. The maximum absolute atomic E-state index is 11.9. The number of piperidine rings is 1. The molecule has 0 aliphatic carbocycles. The van der Waals surface area contributed by atoms with Gasteiger partial charge in [0.25, 0.3) is 0 Å². The highest BCUT2D eigenvalue weighted by atomic mass is 127. The molecule has 0 bridgehead atoms. The largest absolute Gasteiger partial charge is 0.466 e. The van der Waals surface area contributed by atoms with Gasteiger partial charge >= 0.3 is 12.1 Å². The summed E-state index contributed by atoms with van der Waals surface area (Å²) in [4.78, 5) is 24.9. The summed E-state index contributed by atoms with van der Waals surface area (Å²) in [5, 5.41) is 10.3. The monoisotopic (exact) mass is 415 g/mol. The number of rotatable bonds is 3. The van der Waals surface area contributed by atoms with Gasteiger partial charge in [0.15, 0.2) is 0 Å². The highest BCUT2D eigenvalue weighted by Gasteiger charge is 2.37. The molecule has 0 spiro atoms. The summed E-state index contributed by atoms with van der Waals surface area (Å²) in [6, 6.07) is 0. The fourth-order valence-corrected chi connectivity index (χ4v) is 2.09. The molecule has 0 aromatic rings. The molecule has 21 heavy (non-hydrogen) atoms. The first-order valence-corrected chi connectivity index (χ1v) is 7.01. The molecule has 1 saturated heterocycles. The Morgan fingerprint density at radius 3 is 2.19 bits per heavy atom. The van der Waals surface area contributed by atoms with E-state index in [-0.39, 0.29) is 36.5 Å². The van der Waals surface area contributed by atoms with Gasteiger partial charge in [-0.3, -0.25) is 4.79 Å². The van der Waals surface area contributed by atoms with Crippen molar-refractivity contribution in [3.05, 3.63) is 0 Å². The minimum atomic E-state index is -1.08. The molecule has 0 radical (unpaired) electrons. The summed E-state index contributed by atoms with van der Waals surface area (Å²) in [5.74, 6) is -0.402. The van der Waals surface area contributed by atoms with E-state index in [4.69, 9.17) is 9.47 Å². The molecular formula is C14H26INO5. The van der Waals surface area contributed by atoms with Crippen LogP contribution < -0.4 is 0 Å². The van der Waals surface area contributed by atoms with Crippen molar-refractivity contribution >= 4 is 36.0 Å². The molecule has 7 heteroatoms. The van der Waals surface area contributed by atoms with Gasteiger partial charge in [0.1, 0.15) is 5.60 Å². The first kappa shape index (κ1) is 20.4. The number of hydrogen-bond donors (Lipinski definition) is 1. The number of aliphatic hydroxyl groups is 1. The predicted octanol–water partition coefficient (Wildman–Crippen LogP) is 2.32. The van der Waals surface area contributed by atoms with Gasteiger partial charge in [-0.1, -0.05) is 0 Å². The second-order valence-electron chi connectivity index (χ2n) is 6.17.